The number of amides is 1. The van der Waals surface area contributed by atoms with Gasteiger partial charge in [0.25, 0.3) is 0 Å². The molecule has 0 saturated carbocycles. The Kier molecular flexibility index (Phi) is 6.88. The third-order valence-corrected chi connectivity index (χ3v) is 6.55. The van der Waals surface area contributed by atoms with Crippen molar-refractivity contribution in [2.24, 2.45) is 0 Å². The highest BCUT2D eigenvalue weighted by atomic mass is 19.4. The largest absolute Gasteiger partial charge is 0.573 e. The van der Waals surface area contributed by atoms with Crippen LogP contribution in [0.25, 0.3) is 22.0 Å². The molecule has 10 heteroatoms. The fourth-order valence-corrected chi connectivity index (χ4v) is 4.75. The molecule has 1 atom stereocenters. The summed E-state index contributed by atoms with van der Waals surface area (Å²) >= 11 is 0. The minimum Gasteiger partial charge on any atom is -0.406 e. The Labute approximate surface area is 216 Å². The van der Waals surface area contributed by atoms with Crippen molar-refractivity contribution in [1.82, 2.24) is 15.1 Å². The van der Waals surface area contributed by atoms with Gasteiger partial charge < -0.3 is 14.5 Å². The maximum Gasteiger partial charge on any atom is 0.573 e. The molecule has 0 spiro atoms. The molecule has 1 aromatic heterocycles. The van der Waals surface area contributed by atoms with Crippen LogP contribution in [0.1, 0.15) is 12.5 Å². The molecule has 1 saturated heterocycles. The standard InChI is InChI=1S/C28H24F4N4O2/c1-18-17-35(14-15-36(18)25(37)16-19-6-12-22(13-7-19)38-28(30,31)32)27-24-5-3-2-4-23(24)26(33-34-27)20-8-10-21(29)11-9-20/h2-13,18H,14-17H2,1H3/t18-/m0/s1. The number of rotatable bonds is 5. The SMILES string of the molecule is C[C@H]1CN(c2nnc(-c3ccc(F)cc3)c3ccccc23)CCN1C(=O)Cc1ccc(OC(F)(F)F)cc1. The minimum absolute atomic E-state index is 0.0751. The van der Waals surface area contributed by atoms with Crippen LogP contribution in [0.5, 0.6) is 5.75 Å². The van der Waals surface area contributed by atoms with Crippen LogP contribution in [-0.4, -0.2) is 53.0 Å². The molecule has 4 aromatic rings. The number of alkyl halides is 3. The summed E-state index contributed by atoms with van der Waals surface area (Å²) in [5, 5.41) is 10.8. The lowest BCUT2D eigenvalue weighted by molar-refractivity contribution is -0.274. The summed E-state index contributed by atoms with van der Waals surface area (Å²) in [4.78, 5) is 16.9. The number of halogens is 4. The van der Waals surface area contributed by atoms with E-state index in [1.165, 1.54) is 36.4 Å². The topological polar surface area (TPSA) is 58.6 Å². The molecule has 1 aliphatic heterocycles. The van der Waals surface area contributed by atoms with E-state index in [0.717, 1.165) is 16.3 Å². The van der Waals surface area contributed by atoms with E-state index in [9.17, 15) is 22.4 Å². The lowest BCUT2D eigenvalue weighted by atomic mass is 10.0. The first-order valence-corrected chi connectivity index (χ1v) is 12.1. The van der Waals surface area contributed by atoms with Crippen LogP contribution < -0.4 is 9.64 Å². The molecule has 0 N–H and O–H groups in total. The van der Waals surface area contributed by atoms with Crippen LogP contribution in [-0.2, 0) is 11.2 Å². The van der Waals surface area contributed by atoms with Gasteiger partial charge in [-0.25, -0.2) is 4.39 Å². The number of piperazine rings is 1. The van der Waals surface area contributed by atoms with Crippen molar-refractivity contribution in [2.75, 3.05) is 24.5 Å². The van der Waals surface area contributed by atoms with Crippen molar-refractivity contribution in [2.45, 2.75) is 25.7 Å². The summed E-state index contributed by atoms with van der Waals surface area (Å²) in [5.74, 6) is -0.0408. The molecular formula is C28H24F4N4O2. The summed E-state index contributed by atoms with van der Waals surface area (Å²) in [6, 6.07) is 19.1. The highest BCUT2D eigenvalue weighted by molar-refractivity contribution is 6.00. The van der Waals surface area contributed by atoms with Gasteiger partial charge >= 0.3 is 6.36 Å². The number of benzene rings is 3. The van der Waals surface area contributed by atoms with E-state index in [2.05, 4.69) is 19.8 Å². The lowest BCUT2D eigenvalue weighted by Gasteiger charge is -2.40. The molecule has 38 heavy (non-hydrogen) atoms. The van der Waals surface area contributed by atoms with E-state index >= 15 is 0 Å². The number of hydrogen-bond acceptors (Lipinski definition) is 5. The summed E-state index contributed by atoms with van der Waals surface area (Å²) in [6.45, 7) is 3.50. The second-order valence-electron chi connectivity index (χ2n) is 9.18. The van der Waals surface area contributed by atoms with E-state index < -0.39 is 6.36 Å². The van der Waals surface area contributed by atoms with Crippen LogP contribution in [0.2, 0.25) is 0 Å². The van der Waals surface area contributed by atoms with Gasteiger partial charge in [0.1, 0.15) is 17.3 Å². The van der Waals surface area contributed by atoms with Crippen LogP contribution in [0, 0.1) is 5.82 Å². The van der Waals surface area contributed by atoms with Gasteiger partial charge in [0, 0.05) is 42.0 Å². The number of ether oxygens (including phenoxy) is 1. The van der Waals surface area contributed by atoms with E-state index in [1.54, 1.807) is 17.0 Å². The normalized spacial score (nSPS) is 16.1. The summed E-state index contributed by atoms with van der Waals surface area (Å²) in [5.41, 5.74) is 2.04. The number of fused-ring (bicyclic) bond motifs is 1. The molecule has 0 radical (unpaired) electrons. The first-order chi connectivity index (χ1) is 18.2. The summed E-state index contributed by atoms with van der Waals surface area (Å²) < 4.78 is 54.5. The lowest BCUT2D eigenvalue weighted by Crippen LogP contribution is -2.54. The van der Waals surface area contributed by atoms with Crippen molar-refractivity contribution >= 4 is 22.5 Å². The predicted molar refractivity (Wildman–Crippen MR) is 135 cm³/mol. The van der Waals surface area contributed by atoms with Crippen molar-refractivity contribution in [3.8, 4) is 17.0 Å². The molecule has 3 aromatic carbocycles. The van der Waals surface area contributed by atoms with E-state index in [0.29, 0.717) is 36.7 Å². The van der Waals surface area contributed by atoms with Crippen molar-refractivity contribution in [3.63, 3.8) is 0 Å². The van der Waals surface area contributed by atoms with Crippen LogP contribution in [0.4, 0.5) is 23.4 Å². The highest BCUT2D eigenvalue weighted by Gasteiger charge is 2.31. The average molecular weight is 525 g/mol. The van der Waals surface area contributed by atoms with Crippen LogP contribution >= 0.6 is 0 Å². The van der Waals surface area contributed by atoms with Crippen molar-refractivity contribution in [3.05, 3.63) is 84.2 Å². The molecule has 196 valence electrons. The Morgan fingerprint density at radius 3 is 2.29 bits per heavy atom. The fourth-order valence-electron chi connectivity index (χ4n) is 4.75. The number of aromatic nitrogens is 2. The predicted octanol–water partition coefficient (Wildman–Crippen LogP) is 5.61. The van der Waals surface area contributed by atoms with Gasteiger partial charge in [0.05, 0.1) is 6.42 Å². The van der Waals surface area contributed by atoms with Crippen LogP contribution in [0.15, 0.2) is 72.8 Å². The third-order valence-electron chi connectivity index (χ3n) is 6.55. The molecule has 2 heterocycles. The Balaban J connectivity index is 1.29. The number of hydrogen-bond donors (Lipinski definition) is 0. The summed E-state index contributed by atoms with van der Waals surface area (Å²) in [7, 11) is 0. The molecule has 6 nitrogen and oxygen atoms in total. The zero-order valence-electron chi connectivity index (χ0n) is 20.5. The van der Waals surface area contributed by atoms with Crippen molar-refractivity contribution < 1.29 is 27.1 Å². The maximum absolute atomic E-state index is 13.4. The number of carbonyl (C=O) groups is 1. The van der Waals surface area contributed by atoms with Gasteiger partial charge in [-0.3, -0.25) is 4.79 Å². The van der Waals surface area contributed by atoms with E-state index in [-0.39, 0.29) is 29.9 Å². The van der Waals surface area contributed by atoms with Crippen molar-refractivity contribution in [1.29, 1.82) is 0 Å². The van der Waals surface area contributed by atoms with E-state index in [1.807, 2.05) is 31.2 Å². The molecule has 0 unspecified atom stereocenters. The monoisotopic (exact) mass is 524 g/mol. The van der Waals surface area contributed by atoms with Gasteiger partial charge in [0.15, 0.2) is 5.82 Å². The first kappa shape index (κ1) is 25.4. The number of carbonyl (C=O) groups excluding carboxylic acids is 1. The Morgan fingerprint density at radius 1 is 0.947 bits per heavy atom. The zero-order chi connectivity index (χ0) is 26.9. The fraction of sp³-hybridized carbons (Fsp3) is 0.250. The zero-order valence-corrected chi connectivity index (χ0v) is 20.5. The smallest absolute Gasteiger partial charge is 0.406 e. The van der Waals surface area contributed by atoms with E-state index in [4.69, 9.17) is 0 Å². The van der Waals surface area contributed by atoms with Gasteiger partial charge in [-0.15, -0.1) is 23.4 Å². The molecule has 5 rings (SSSR count). The molecule has 0 bridgehead atoms. The summed E-state index contributed by atoms with van der Waals surface area (Å²) in [6.07, 6.45) is -4.69. The van der Waals surface area contributed by atoms with Gasteiger partial charge in [-0.1, -0.05) is 36.4 Å². The number of anilines is 1. The molecule has 1 fully saturated rings. The molecule has 0 aliphatic carbocycles. The maximum atomic E-state index is 13.4. The second kappa shape index (κ2) is 10.3. The van der Waals surface area contributed by atoms with Crippen LogP contribution in [0.3, 0.4) is 0 Å². The Morgan fingerprint density at radius 2 is 1.63 bits per heavy atom. The Bertz CT molecular complexity index is 1440. The quantitative estimate of drug-likeness (QED) is 0.318. The third kappa shape index (κ3) is 5.53. The molecule has 1 aliphatic rings. The average Bonchev–Trinajstić information content (AvgIpc) is 2.89. The minimum atomic E-state index is -4.76. The van der Waals surface area contributed by atoms with Gasteiger partial charge in [-0.2, -0.15) is 0 Å². The molecule has 1 amide bonds. The van der Waals surface area contributed by atoms with Gasteiger partial charge in [-0.05, 0) is 48.9 Å². The first-order valence-electron chi connectivity index (χ1n) is 12.1. The highest BCUT2D eigenvalue weighted by Crippen LogP contribution is 2.32. The number of nitrogens with zero attached hydrogens (tertiary/aromatic N) is 4. The molecular weight excluding hydrogens is 500 g/mol. The Hall–Kier alpha value is -4.21. The van der Waals surface area contributed by atoms with Gasteiger partial charge in [0.2, 0.25) is 5.91 Å². The second-order valence-corrected chi connectivity index (χ2v) is 9.18.